The van der Waals surface area contributed by atoms with Crippen LogP contribution in [0.15, 0.2) is 35.5 Å². The fourth-order valence-electron chi connectivity index (χ4n) is 2.04. The van der Waals surface area contributed by atoms with Gasteiger partial charge in [0.15, 0.2) is 0 Å². The maximum Gasteiger partial charge on any atom is 0.208 e. The summed E-state index contributed by atoms with van der Waals surface area (Å²) in [4.78, 5) is 4.52. The monoisotopic (exact) mass is 265 g/mol. The number of hydrogen-bond donors (Lipinski definition) is 1. The van der Waals surface area contributed by atoms with Gasteiger partial charge in [-0.3, -0.25) is 0 Å². The Bertz CT molecular complexity index is 724. The molecule has 1 aromatic carbocycles. The normalized spacial score (nSPS) is 9.80. The van der Waals surface area contributed by atoms with E-state index in [0.717, 1.165) is 24.0 Å². The number of allylic oxidation sites excluding steroid dienone is 2. The first kappa shape index (κ1) is 13.6. The molecule has 5 heteroatoms. The van der Waals surface area contributed by atoms with Crippen molar-refractivity contribution in [3.8, 4) is 12.1 Å². The van der Waals surface area contributed by atoms with Gasteiger partial charge in [0.2, 0.25) is 5.95 Å². The van der Waals surface area contributed by atoms with Crippen molar-refractivity contribution in [2.24, 2.45) is 0 Å². The Kier molecular flexibility index (Phi) is 4.02. The number of anilines is 1. The van der Waals surface area contributed by atoms with Crippen LogP contribution in [0.4, 0.5) is 5.95 Å². The van der Waals surface area contributed by atoms with Crippen molar-refractivity contribution in [1.82, 2.24) is 9.55 Å². The number of nitriles is 2. The van der Waals surface area contributed by atoms with Crippen molar-refractivity contribution in [3.63, 3.8) is 0 Å². The zero-order chi connectivity index (χ0) is 14.5. The van der Waals surface area contributed by atoms with Gasteiger partial charge in [0, 0.05) is 12.2 Å². The molecule has 100 valence electrons. The second-order valence-corrected chi connectivity index (χ2v) is 4.42. The number of aryl methyl sites for hydroxylation is 1. The molecule has 1 aromatic heterocycles. The quantitative estimate of drug-likeness (QED) is 0.861. The van der Waals surface area contributed by atoms with Gasteiger partial charge in [0.25, 0.3) is 0 Å². The number of nitrogens with zero attached hydrogens (tertiary/aromatic N) is 4. The molecule has 0 radical (unpaired) electrons. The number of benzene rings is 1. The molecule has 20 heavy (non-hydrogen) atoms. The Balaban J connectivity index is 2.50. The number of rotatable bonds is 4. The predicted octanol–water partition coefficient (Wildman–Crippen LogP) is 3.18. The largest absolute Gasteiger partial charge is 0.328 e. The second kappa shape index (κ2) is 5.90. The number of hydrogen-bond acceptors (Lipinski definition) is 4. The predicted molar refractivity (Wildman–Crippen MR) is 77.6 cm³/mol. The highest BCUT2D eigenvalue weighted by atomic mass is 15.2. The molecule has 1 heterocycles. The summed E-state index contributed by atoms with van der Waals surface area (Å²) >= 11 is 0. The third kappa shape index (κ3) is 2.48. The minimum atomic E-state index is 0.0695. The zero-order valence-electron chi connectivity index (χ0n) is 11.5. The molecule has 0 saturated carbocycles. The Labute approximate surface area is 117 Å². The van der Waals surface area contributed by atoms with Gasteiger partial charge >= 0.3 is 0 Å². The van der Waals surface area contributed by atoms with Gasteiger partial charge in [-0.2, -0.15) is 10.5 Å². The lowest BCUT2D eigenvalue weighted by Gasteiger charge is -2.09. The Morgan fingerprint density at radius 2 is 2.00 bits per heavy atom. The minimum absolute atomic E-state index is 0.0695. The van der Waals surface area contributed by atoms with Crippen LogP contribution < -0.4 is 5.32 Å². The van der Waals surface area contributed by atoms with Crippen LogP contribution in [0.1, 0.15) is 20.3 Å². The van der Waals surface area contributed by atoms with Crippen molar-refractivity contribution >= 4 is 17.0 Å². The molecule has 0 saturated heterocycles. The number of para-hydroxylation sites is 2. The van der Waals surface area contributed by atoms with E-state index < -0.39 is 0 Å². The molecule has 0 spiro atoms. The van der Waals surface area contributed by atoms with Crippen molar-refractivity contribution in [3.05, 3.63) is 35.5 Å². The minimum Gasteiger partial charge on any atom is -0.328 e. The van der Waals surface area contributed by atoms with Crippen LogP contribution in [0.2, 0.25) is 0 Å². The molecular formula is C15H15N5. The number of fused-ring (bicyclic) bond motifs is 1. The first-order valence-electron chi connectivity index (χ1n) is 6.44. The number of nitrogens with one attached hydrogen (secondary N) is 1. The number of aromatic nitrogens is 2. The summed E-state index contributed by atoms with van der Waals surface area (Å²) in [6.45, 7) is 4.62. The lowest BCUT2D eigenvalue weighted by atomic mass is 10.2. The summed E-state index contributed by atoms with van der Waals surface area (Å²) in [6.07, 6.45) is 0.973. The zero-order valence-corrected chi connectivity index (χ0v) is 11.5. The number of imidazole rings is 1. The summed E-state index contributed by atoms with van der Waals surface area (Å²) in [5, 5.41) is 20.9. The molecule has 0 unspecified atom stereocenters. The molecule has 0 aliphatic heterocycles. The van der Waals surface area contributed by atoms with E-state index in [1.165, 1.54) is 0 Å². The molecule has 0 aliphatic carbocycles. The maximum absolute atomic E-state index is 8.89. The summed E-state index contributed by atoms with van der Waals surface area (Å²) in [7, 11) is 0. The lowest BCUT2D eigenvalue weighted by molar-refractivity contribution is 0.704. The van der Waals surface area contributed by atoms with Gasteiger partial charge in [0.05, 0.1) is 11.0 Å². The second-order valence-electron chi connectivity index (χ2n) is 4.42. The first-order chi connectivity index (χ1) is 9.71. The van der Waals surface area contributed by atoms with E-state index in [4.69, 9.17) is 10.5 Å². The van der Waals surface area contributed by atoms with E-state index in [1.807, 2.05) is 36.4 Å². The van der Waals surface area contributed by atoms with Crippen LogP contribution in [-0.2, 0) is 6.54 Å². The van der Waals surface area contributed by atoms with Crippen LogP contribution in [0.3, 0.4) is 0 Å². The highest BCUT2D eigenvalue weighted by molar-refractivity contribution is 5.79. The smallest absolute Gasteiger partial charge is 0.208 e. The topological polar surface area (TPSA) is 77.4 Å². The summed E-state index contributed by atoms with van der Waals surface area (Å²) in [5.41, 5.74) is 2.52. The molecule has 0 fully saturated rings. The molecule has 2 rings (SSSR count). The van der Waals surface area contributed by atoms with Crippen LogP contribution in [-0.4, -0.2) is 9.55 Å². The van der Waals surface area contributed by atoms with E-state index in [9.17, 15) is 0 Å². The van der Waals surface area contributed by atoms with E-state index in [2.05, 4.69) is 21.8 Å². The van der Waals surface area contributed by atoms with Crippen LogP contribution in [0.5, 0.6) is 0 Å². The van der Waals surface area contributed by atoms with Crippen molar-refractivity contribution in [1.29, 1.82) is 10.5 Å². The fraction of sp³-hybridized carbons (Fsp3) is 0.267. The highest BCUT2D eigenvalue weighted by Crippen LogP contribution is 2.21. The van der Waals surface area contributed by atoms with E-state index in [-0.39, 0.29) is 5.57 Å². The Hall–Kier alpha value is -2.79. The van der Waals surface area contributed by atoms with Crippen molar-refractivity contribution < 1.29 is 0 Å². The van der Waals surface area contributed by atoms with Gasteiger partial charge < -0.3 is 9.88 Å². The van der Waals surface area contributed by atoms with Crippen molar-refractivity contribution in [2.45, 2.75) is 26.8 Å². The molecule has 0 aliphatic rings. The Morgan fingerprint density at radius 1 is 1.30 bits per heavy atom. The Morgan fingerprint density at radius 3 is 2.65 bits per heavy atom. The fourth-order valence-corrected chi connectivity index (χ4v) is 2.04. The van der Waals surface area contributed by atoms with Gasteiger partial charge in [-0.05, 0) is 25.5 Å². The molecule has 1 N–H and O–H groups in total. The first-order valence-corrected chi connectivity index (χ1v) is 6.44. The third-order valence-electron chi connectivity index (χ3n) is 3.00. The van der Waals surface area contributed by atoms with E-state index >= 15 is 0 Å². The van der Waals surface area contributed by atoms with Gasteiger partial charge in [-0.25, -0.2) is 4.98 Å². The highest BCUT2D eigenvalue weighted by Gasteiger charge is 2.11. The van der Waals surface area contributed by atoms with Crippen LogP contribution in [0, 0.1) is 22.7 Å². The molecular weight excluding hydrogens is 250 g/mol. The van der Waals surface area contributed by atoms with E-state index in [1.54, 1.807) is 6.92 Å². The molecule has 0 atom stereocenters. The average molecular weight is 265 g/mol. The molecule has 0 amide bonds. The van der Waals surface area contributed by atoms with Crippen LogP contribution >= 0.6 is 0 Å². The van der Waals surface area contributed by atoms with Gasteiger partial charge in [-0.15, -0.1) is 0 Å². The standard InChI is InChI=1S/C15H15N5/c1-3-8-20-14-7-5-4-6-13(14)19-15(20)18-11(2)12(9-16)10-17/h4-7H,3,8H2,1-2H3,(H,18,19). The van der Waals surface area contributed by atoms with Crippen molar-refractivity contribution in [2.75, 3.05) is 5.32 Å². The average Bonchev–Trinajstić information content (AvgIpc) is 2.79. The van der Waals surface area contributed by atoms with E-state index in [0.29, 0.717) is 11.6 Å². The maximum atomic E-state index is 8.89. The molecule has 5 nitrogen and oxygen atoms in total. The lowest BCUT2D eigenvalue weighted by Crippen LogP contribution is -2.07. The SMILES string of the molecule is CCCn1c(NC(C)=C(C#N)C#N)nc2ccccc21. The molecule has 0 bridgehead atoms. The third-order valence-corrected chi connectivity index (χ3v) is 3.00. The summed E-state index contributed by atoms with van der Waals surface area (Å²) < 4.78 is 2.06. The van der Waals surface area contributed by atoms with Crippen LogP contribution in [0.25, 0.3) is 11.0 Å². The summed E-state index contributed by atoms with van der Waals surface area (Å²) in [6, 6.07) is 11.6. The van der Waals surface area contributed by atoms with Gasteiger partial charge in [0.1, 0.15) is 17.7 Å². The molecule has 2 aromatic rings. The van der Waals surface area contributed by atoms with Gasteiger partial charge in [-0.1, -0.05) is 19.1 Å². The summed E-state index contributed by atoms with van der Waals surface area (Å²) in [5.74, 6) is 0.661.